The third kappa shape index (κ3) is 5.33. The number of rotatable bonds is 7. The monoisotopic (exact) mass is 537 g/mol. The Balaban J connectivity index is 1.24. The van der Waals surface area contributed by atoms with Crippen molar-refractivity contribution in [3.63, 3.8) is 0 Å². The third-order valence-electron chi connectivity index (χ3n) is 5.71. The second kappa shape index (κ2) is 9.91. The zero-order valence-electron chi connectivity index (χ0n) is 17.8. The molecule has 1 fully saturated rings. The molecule has 7 nitrogen and oxygen atoms in total. The van der Waals surface area contributed by atoms with Gasteiger partial charge in [0.05, 0.1) is 6.04 Å². The lowest BCUT2D eigenvalue weighted by molar-refractivity contribution is -0.129. The van der Waals surface area contributed by atoms with Gasteiger partial charge in [-0.05, 0) is 71.9 Å². The van der Waals surface area contributed by atoms with Gasteiger partial charge in [-0.25, -0.2) is 4.98 Å². The molecule has 4 rings (SSSR count). The molecule has 0 bridgehead atoms. The fourth-order valence-electron chi connectivity index (χ4n) is 3.96. The molecule has 3 aromatic rings. The van der Waals surface area contributed by atoms with Crippen LogP contribution in [0.1, 0.15) is 23.8 Å². The third-order valence-corrected chi connectivity index (χ3v) is 8.20. The smallest absolute Gasteiger partial charge is 0.242 e. The highest BCUT2D eigenvalue weighted by Crippen LogP contribution is 2.34. The molecule has 10 heteroatoms. The number of hydrogen-bond donors (Lipinski definition) is 3. The van der Waals surface area contributed by atoms with Crippen LogP contribution in [0.5, 0.6) is 0 Å². The highest BCUT2D eigenvalue weighted by molar-refractivity contribution is 9.10. The van der Waals surface area contributed by atoms with Gasteiger partial charge < -0.3 is 20.5 Å². The fraction of sp³-hybridized carbons (Fsp3) is 0.409. The van der Waals surface area contributed by atoms with Crippen molar-refractivity contribution in [3.05, 3.63) is 49.8 Å². The predicted molar refractivity (Wildman–Crippen MR) is 131 cm³/mol. The largest absolute Gasteiger partial charge is 0.350 e. The predicted octanol–water partition coefficient (Wildman–Crippen LogP) is 3.39. The minimum Gasteiger partial charge on any atom is -0.350 e. The first kappa shape index (κ1) is 23.2. The van der Waals surface area contributed by atoms with Crippen LogP contribution >= 0.6 is 38.9 Å². The number of thiophene rings is 1. The maximum atomic E-state index is 12.6. The number of aryl methyl sites for hydroxylation is 1. The molecule has 0 saturated carbocycles. The van der Waals surface area contributed by atoms with E-state index in [0.29, 0.717) is 12.5 Å². The molecular weight excluding hydrogens is 514 g/mol. The van der Waals surface area contributed by atoms with E-state index >= 15 is 0 Å². The van der Waals surface area contributed by atoms with E-state index in [4.69, 9.17) is 11.6 Å². The van der Waals surface area contributed by atoms with Crippen molar-refractivity contribution in [2.75, 3.05) is 6.54 Å². The van der Waals surface area contributed by atoms with E-state index in [-0.39, 0.29) is 17.9 Å². The summed E-state index contributed by atoms with van der Waals surface area (Å²) in [6, 6.07) is 5.12. The Morgan fingerprint density at radius 3 is 3.00 bits per heavy atom. The Morgan fingerprint density at radius 1 is 1.44 bits per heavy atom. The van der Waals surface area contributed by atoms with Gasteiger partial charge in [0.1, 0.15) is 16.0 Å². The van der Waals surface area contributed by atoms with Crippen molar-refractivity contribution in [1.82, 2.24) is 25.5 Å². The summed E-state index contributed by atoms with van der Waals surface area (Å²) in [4.78, 5) is 30.8. The van der Waals surface area contributed by atoms with E-state index in [1.54, 1.807) is 24.5 Å². The molecule has 0 aromatic carbocycles. The minimum absolute atomic E-state index is 0.145. The Hall–Kier alpha value is -1.94. The second-order valence-electron chi connectivity index (χ2n) is 8.23. The van der Waals surface area contributed by atoms with E-state index in [0.717, 1.165) is 44.8 Å². The van der Waals surface area contributed by atoms with Crippen LogP contribution < -0.4 is 16.0 Å². The van der Waals surface area contributed by atoms with Crippen LogP contribution in [0.15, 0.2) is 35.1 Å². The zero-order valence-corrected chi connectivity index (χ0v) is 21.0. The van der Waals surface area contributed by atoms with E-state index in [2.05, 4.69) is 36.9 Å². The molecule has 4 heterocycles. The van der Waals surface area contributed by atoms with Crippen LogP contribution in [0.25, 0.3) is 11.0 Å². The molecule has 170 valence electrons. The van der Waals surface area contributed by atoms with Crippen molar-refractivity contribution in [2.45, 2.75) is 38.4 Å². The average Bonchev–Trinajstić information content (AvgIpc) is 3.46. The summed E-state index contributed by atoms with van der Waals surface area (Å²) in [5, 5.41) is 10.0. The van der Waals surface area contributed by atoms with Crippen LogP contribution in [0.3, 0.4) is 0 Å². The molecule has 3 atom stereocenters. The Labute approximate surface area is 204 Å². The van der Waals surface area contributed by atoms with Gasteiger partial charge in [-0.3, -0.25) is 9.59 Å². The lowest BCUT2D eigenvalue weighted by Gasteiger charge is -2.17. The minimum atomic E-state index is -0.621. The van der Waals surface area contributed by atoms with Gasteiger partial charge in [-0.1, -0.05) is 11.6 Å². The SMILES string of the molecule is C[C@H](NC(=O)C1C[C@H](Cc2cc(Br)c(Cl)s2)CN1)C(=O)NCc1cnc2c(ccn2C)c1. The number of nitrogens with one attached hydrogen (secondary N) is 3. The molecule has 2 amide bonds. The van der Waals surface area contributed by atoms with Gasteiger partial charge in [-0.2, -0.15) is 0 Å². The number of carbonyl (C=O) groups is 2. The Bertz CT molecular complexity index is 1130. The van der Waals surface area contributed by atoms with Crippen LogP contribution in [0, 0.1) is 5.92 Å². The number of amides is 2. The van der Waals surface area contributed by atoms with Crippen molar-refractivity contribution in [2.24, 2.45) is 13.0 Å². The molecule has 1 aliphatic rings. The summed E-state index contributed by atoms with van der Waals surface area (Å²) < 4.78 is 3.61. The first-order valence-corrected chi connectivity index (χ1v) is 12.4. The lowest BCUT2D eigenvalue weighted by atomic mass is 10.0. The van der Waals surface area contributed by atoms with E-state index in [1.807, 2.05) is 36.0 Å². The zero-order chi connectivity index (χ0) is 22.8. The maximum Gasteiger partial charge on any atom is 0.242 e. The highest BCUT2D eigenvalue weighted by atomic mass is 79.9. The summed E-state index contributed by atoms with van der Waals surface area (Å²) in [6.45, 7) is 2.82. The number of carbonyl (C=O) groups excluding carboxylic acids is 2. The van der Waals surface area contributed by atoms with Crippen molar-refractivity contribution in [3.8, 4) is 0 Å². The van der Waals surface area contributed by atoms with Gasteiger partial charge in [-0.15, -0.1) is 11.3 Å². The first-order chi connectivity index (χ1) is 15.3. The number of fused-ring (bicyclic) bond motifs is 1. The van der Waals surface area contributed by atoms with Crippen LogP contribution in [-0.2, 0) is 29.6 Å². The Morgan fingerprint density at radius 2 is 2.25 bits per heavy atom. The molecule has 1 saturated heterocycles. The number of hydrogen-bond acceptors (Lipinski definition) is 5. The average molecular weight is 539 g/mol. The van der Waals surface area contributed by atoms with Crippen LogP contribution in [0.2, 0.25) is 4.34 Å². The summed E-state index contributed by atoms with van der Waals surface area (Å²) >= 11 is 11.1. The number of nitrogens with zero attached hydrogens (tertiary/aromatic N) is 2. The highest BCUT2D eigenvalue weighted by Gasteiger charge is 2.31. The van der Waals surface area contributed by atoms with E-state index in [1.165, 1.54) is 4.88 Å². The van der Waals surface area contributed by atoms with Crippen LogP contribution in [-0.4, -0.2) is 40.0 Å². The van der Waals surface area contributed by atoms with E-state index in [9.17, 15) is 9.59 Å². The molecule has 0 radical (unpaired) electrons. The molecular formula is C22H25BrClN5O2S. The topological polar surface area (TPSA) is 88.1 Å². The van der Waals surface area contributed by atoms with Crippen LogP contribution in [0.4, 0.5) is 0 Å². The lowest BCUT2D eigenvalue weighted by Crippen LogP contribution is -2.49. The van der Waals surface area contributed by atoms with Gasteiger partial charge in [0.15, 0.2) is 0 Å². The van der Waals surface area contributed by atoms with Crippen molar-refractivity contribution < 1.29 is 9.59 Å². The van der Waals surface area contributed by atoms with Crippen molar-refractivity contribution in [1.29, 1.82) is 0 Å². The summed E-state index contributed by atoms with van der Waals surface area (Å²) in [6.07, 6.45) is 5.32. The molecule has 0 spiro atoms. The quantitative estimate of drug-likeness (QED) is 0.430. The normalized spacial score (nSPS) is 19.2. The summed E-state index contributed by atoms with van der Waals surface area (Å²) in [5.74, 6) is -0.0102. The molecule has 3 N–H and O–H groups in total. The molecule has 3 aromatic heterocycles. The Kier molecular flexibility index (Phi) is 7.19. The van der Waals surface area contributed by atoms with Gasteiger partial charge >= 0.3 is 0 Å². The summed E-state index contributed by atoms with van der Waals surface area (Å²) in [7, 11) is 1.94. The van der Waals surface area contributed by atoms with E-state index < -0.39 is 6.04 Å². The number of aromatic nitrogens is 2. The van der Waals surface area contributed by atoms with Gasteiger partial charge in [0.2, 0.25) is 11.8 Å². The molecule has 1 unspecified atom stereocenters. The molecule has 0 aliphatic carbocycles. The first-order valence-electron chi connectivity index (χ1n) is 10.4. The molecule has 1 aliphatic heterocycles. The number of pyridine rings is 1. The van der Waals surface area contributed by atoms with Gasteiger partial charge in [0.25, 0.3) is 0 Å². The maximum absolute atomic E-state index is 12.6. The second-order valence-corrected chi connectivity index (χ2v) is 10.8. The molecule has 32 heavy (non-hydrogen) atoms. The van der Waals surface area contributed by atoms with Gasteiger partial charge in [0, 0.05) is 40.7 Å². The van der Waals surface area contributed by atoms with Crippen molar-refractivity contribution >= 4 is 61.7 Å². The summed E-state index contributed by atoms with van der Waals surface area (Å²) in [5.41, 5.74) is 1.81. The fourth-order valence-corrected chi connectivity index (χ4v) is 5.86. The standard InChI is InChI=1S/C22H25BrClN5O2S/c1-12(21(30)27-11-14-5-15-3-4-29(2)20(15)26-10-14)28-22(31)18-7-13(9-25-18)6-16-8-17(23)19(24)32-16/h3-5,8,10,12-13,18,25H,6-7,9,11H2,1-2H3,(H,27,30)(H,28,31)/t12-,13-,18?/m0/s1. The number of halogens is 2.